The molecule has 3 aromatic rings. The summed E-state index contributed by atoms with van der Waals surface area (Å²) in [4.78, 5) is 32.8. The van der Waals surface area contributed by atoms with E-state index in [-0.39, 0.29) is 47.5 Å². The lowest BCUT2D eigenvalue weighted by atomic mass is 10.0. The van der Waals surface area contributed by atoms with Gasteiger partial charge in [0.2, 0.25) is 11.8 Å². The zero-order valence-corrected chi connectivity index (χ0v) is 22.2. The Labute approximate surface area is 233 Å². The van der Waals surface area contributed by atoms with Crippen LogP contribution < -0.4 is 20.1 Å². The number of likely N-dealkylation sites (tertiary alicyclic amines) is 1. The maximum Gasteiger partial charge on any atom is 0.423 e. The fourth-order valence-corrected chi connectivity index (χ4v) is 3.92. The number of nitrogens with zero attached hydrogens (tertiary/aromatic N) is 4. The molecule has 214 valence electrons. The van der Waals surface area contributed by atoms with Crippen LogP contribution in [0.2, 0.25) is 0 Å². The molecule has 1 fully saturated rings. The van der Waals surface area contributed by atoms with E-state index in [1.807, 2.05) is 7.05 Å². The van der Waals surface area contributed by atoms with Crippen molar-refractivity contribution in [1.82, 2.24) is 20.2 Å². The molecule has 0 atom stereocenters. The van der Waals surface area contributed by atoms with Crippen molar-refractivity contribution in [3.05, 3.63) is 69.9 Å². The number of nitro benzene ring substituents is 1. The molecule has 1 aromatic heterocycles. The van der Waals surface area contributed by atoms with Gasteiger partial charge < -0.3 is 25.0 Å². The number of benzene rings is 2. The van der Waals surface area contributed by atoms with E-state index in [2.05, 4.69) is 25.5 Å². The summed E-state index contributed by atoms with van der Waals surface area (Å²) in [7, 11) is 3.41. The number of carbonyl (C=O) groups excluding carboxylic acids is 1. The monoisotopic (exact) mass is 582 g/mol. The van der Waals surface area contributed by atoms with Crippen molar-refractivity contribution in [3.63, 3.8) is 0 Å². The van der Waals surface area contributed by atoms with Gasteiger partial charge in [0, 0.05) is 29.9 Å². The second-order valence-corrected chi connectivity index (χ2v) is 8.85. The normalized spacial score (nSPS) is 14.1. The molecule has 0 bridgehead atoms. The molecule has 1 saturated heterocycles. The number of rotatable bonds is 8. The minimum atomic E-state index is -4.82. The first-order chi connectivity index (χ1) is 18.5. The van der Waals surface area contributed by atoms with Crippen molar-refractivity contribution in [2.24, 2.45) is 0 Å². The number of amides is 1. The Morgan fingerprint density at radius 3 is 2.42 bits per heavy atom. The summed E-state index contributed by atoms with van der Waals surface area (Å²) in [5.74, 6) is -1.15. The predicted octanol–water partition coefficient (Wildman–Crippen LogP) is 5.19. The van der Waals surface area contributed by atoms with Gasteiger partial charge in [-0.3, -0.25) is 14.9 Å². The van der Waals surface area contributed by atoms with Gasteiger partial charge in [0.1, 0.15) is 17.1 Å². The Bertz CT molecular complexity index is 1350. The molecular weight excluding hydrogens is 557 g/mol. The van der Waals surface area contributed by atoms with E-state index in [9.17, 15) is 28.1 Å². The van der Waals surface area contributed by atoms with Gasteiger partial charge in [-0.2, -0.15) is 18.2 Å². The minimum absolute atomic E-state index is 0. The summed E-state index contributed by atoms with van der Waals surface area (Å²) in [6.45, 7) is 1.78. The third kappa shape index (κ3) is 7.48. The molecular formula is C25H26ClF3N6O5. The molecule has 2 N–H and O–H groups in total. The number of methoxy groups -OCH3 is 1. The van der Waals surface area contributed by atoms with Crippen LogP contribution in [0.3, 0.4) is 0 Å². The number of nitrogens with one attached hydrogen (secondary N) is 2. The number of anilines is 2. The maximum absolute atomic E-state index is 13.6. The van der Waals surface area contributed by atoms with Gasteiger partial charge in [-0.1, -0.05) is 0 Å². The van der Waals surface area contributed by atoms with Crippen LogP contribution in [0.15, 0.2) is 48.7 Å². The number of hydrogen-bond acceptors (Lipinski definition) is 9. The van der Waals surface area contributed by atoms with E-state index in [4.69, 9.17) is 9.47 Å². The molecule has 1 aliphatic rings. The number of carbonyl (C=O) groups is 1. The first kappa shape index (κ1) is 30.4. The van der Waals surface area contributed by atoms with E-state index < -0.39 is 22.5 Å². The van der Waals surface area contributed by atoms with Gasteiger partial charge in [0.15, 0.2) is 0 Å². The Balaban J connectivity index is 0.00000441. The molecule has 0 spiro atoms. The predicted molar refractivity (Wildman–Crippen MR) is 142 cm³/mol. The van der Waals surface area contributed by atoms with Crippen LogP contribution in [-0.4, -0.2) is 59.0 Å². The number of piperidine rings is 1. The van der Waals surface area contributed by atoms with Crippen LogP contribution in [0, 0.1) is 10.1 Å². The Morgan fingerprint density at radius 1 is 1.15 bits per heavy atom. The third-order valence-electron chi connectivity index (χ3n) is 6.09. The number of hydrogen-bond donors (Lipinski definition) is 2. The van der Waals surface area contributed by atoms with Crippen molar-refractivity contribution in [2.45, 2.75) is 25.1 Å². The number of ether oxygens (including phenoxy) is 2. The summed E-state index contributed by atoms with van der Waals surface area (Å²) in [5, 5.41) is 16.6. The van der Waals surface area contributed by atoms with Crippen LogP contribution in [-0.2, 0) is 6.18 Å². The van der Waals surface area contributed by atoms with Gasteiger partial charge in [-0.05, 0) is 63.3 Å². The molecule has 11 nitrogen and oxygen atoms in total. The number of nitro groups is 1. The molecule has 40 heavy (non-hydrogen) atoms. The van der Waals surface area contributed by atoms with Crippen molar-refractivity contribution in [1.29, 1.82) is 0 Å². The van der Waals surface area contributed by atoms with Gasteiger partial charge in [-0.15, -0.1) is 12.4 Å². The lowest BCUT2D eigenvalue weighted by molar-refractivity contribution is -0.384. The molecule has 2 aromatic carbocycles. The van der Waals surface area contributed by atoms with Crippen molar-refractivity contribution < 1.29 is 32.4 Å². The molecule has 2 heterocycles. The minimum Gasteiger partial charge on any atom is -0.495 e. The highest BCUT2D eigenvalue weighted by Crippen LogP contribution is 2.38. The van der Waals surface area contributed by atoms with Gasteiger partial charge in [-0.25, -0.2) is 4.98 Å². The smallest absolute Gasteiger partial charge is 0.423 e. The van der Waals surface area contributed by atoms with E-state index in [1.54, 1.807) is 6.07 Å². The maximum atomic E-state index is 13.6. The Kier molecular flexibility index (Phi) is 9.71. The number of halogens is 4. The number of non-ortho nitro benzene ring substituents is 1. The molecule has 0 aliphatic carbocycles. The molecule has 15 heteroatoms. The van der Waals surface area contributed by atoms with Crippen LogP contribution >= 0.6 is 12.4 Å². The lowest BCUT2D eigenvalue weighted by Crippen LogP contribution is -2.43. The summed E-state index contributed by atoms with van der Waals surface area (Å²) in [5.41, 5.74) is -0.834. The highest BCUT2D eigenvalue weighted by atomic mass is 35.5. The summed E-state index contributed by atoms with van der Waals surface area (Å²) in [6, 6.07) is 9.15. The lowest BCUT2D eigenvalue weighted by Gasteiger charge is -2.29. The van der Waals surface area contributed by atoms with E-state index in [1.165, 1.54) is 19.2 Å². The first-order valence-corrected chi connectivity index (χ1v) is 11.8. The fourth-order valence-electron chi connectivity index (χ4n) is 3.92. The summed E-state index contributed by atoms with van der Waals surface area (Å²) in [6.07, 6.45) is -2.58. The average Bonchev–Trinajstić information content (AvgIpc) is 2.90. The van der Waals surface area contributed by atoms with Crippen molar-refractivity contribution in [3.8, 4) is 17.4 Å². The SMILES string of the molecule is COc1cc(C(=O)NC2CCN(C)CC2)ccc1Nc1ncc(C(F)(F)F)c(Oc2ccc([N+](=O)[O-])cc2)n1.Cl. The van der Waals surface area contributed by atoms with E-state index >= 15 is 0 Å². The summed E-state index contributed by atoms with van der Waals surface area (Å²) < 4.78 is 51.4. The second kappa shape index (κ2) is 12.8. The van der Waals surface area contributed by atoms with Gasteiger partial charge in [0.25, 0.3) is 11.6 Å². The van der Waals surface area contributed by atoms with Crippen LogP contribution in [0.5, 0.6) is 17.4 Å². The van der Waals surface area contributed by atoms with Gasteiger partial charge >= 0.3 is 6.18 Å². The van der Waals surface area contributed by atoms with Crippen molar-refractivity contribution in [2.75, 3.05) is 32.6 Å². The van der Waals surface area contributed by atoms with Crippen molar-refractivity contribution >= 4 is 35.6 Å². The van der Waals surface area contributed by atoms with Crippen LogP contribution in [0.4, 0.5) is 30.5 Å². The van der Waals surface area contributed by atoms with Gasteiger partial charge in [0.05, 0.1) is 17.7 Å². The highest BCUT2D eigenvalue weighted by Gasteiger charge is 2.36. The summed E-state index contributed by atoms with van der Waals surface area (Å²) >= 11 is 0. The zero-order chi connectivity index (χ0) is 28.2. The molecule has 0 saturated carbocycles. The molecule has 1 aliphatic heterocycles. The van der Waals surface area contributed by atoms with E-state index in [0.717, 1.165) is 50.2 Å². The third-order valence-corrected chi connectivity index (χ3v) is 6.09. The number of alkyl halides is 3. The van der Waals surface area contributed by atoms with Crippen LogP contribution in [0.1, 0.15) is 28.8 Å². The highest BCUT2D eigenvalue weighted by molar-refractivity contribution is 5.95. The number of aromatic nitrogens is 2. The molecule has 0 radical (unpaired) electrons. The second-order valence-electron chi connectivity index (χ2n) is 8.85. The molecule has 1 amide bonds. The largest absolute Gasteiger partial charge is 0.495 e. The topological polar surface area (TPSA) is 132 Å². The molecule has 4 rings (SSSR count). The quantitative estimate of drug-likeness (QED) is 0.272. The van der Waals surface area contributed by atoms with Crippen LogP contribution in [0.25, 0.3) is 0 Å². The first-order valence-electron chi connectivity index (χ1n) is 11.8. The average molecular weight is 583 g/mol. The molecule has 0 unspecified atom stereocenters. The standard InChI is InChI=1S/C25H25F3N6O5.ClH/c1-33-11-9-16(10-12-33)30-22(35)15-3-8-20(21(13-15)38-2)31-24-29-14-19(25(26,27)28)23(32-24)39-18-6-4-17(5-7-18)34(36)37;/h3-8,13-14,16H,9-12H2,1-2H3,(H,30,35)(H,29,31,32);1H. The Hall–Kier alpha value is -4.17. The van der Waals surface area contributed by atoms with E-state index in [0.29, 0.717) is 17.4 Å². The fraction of sp³-hybridized carbons (Fsp3) is 0.320. The Morgan fingerprint density at radius 2 is 1.82 bits per heavy atom. The zero-order valence-electron chi connectivity index (χ0n) is 21.4.